The van der Waals surface area contributed by atoms with Gasteiger partial charge in [0.1, 0.15) is 10.4 Å². The molecule has 0 aromatic heterocycles. The number of hydrogen-bond acceptors (Lipinski definition) is 4. The molecule has 25 heavy (non-hydrogen) atoms. The lowest BCUT2D eigenvalue weighted by atomic mass is 10.2. The summed E-state index contributed by atoms with van der Waals surface area (Å²) in [5.41, 5.74) is 1.61. The van der Waals surface area contributed by atoms with Crippen molar-refractivity contribution in [1.82, 2.24) is 4.90 Å². The molecule has 2 amide bonds. The van der Waals surface area contributed by atoms with E-state index in [1.54, 1.807) is 25.1 Å². The van der Waals surface area contributed by atoms with E-state index >= 15 is 0 Å². The van der Waals surface area contributed by atoms with Crippen molar-refractivity contribution in [2.75, 3.05) is 5.32 Å². The van der Waals surface area contributed by atoms with Gasteiger partial charge < -0.3 is 5.32 Å². The lowest BCUT2D eigenvalue weighted by Crippen LogP contribution is -2.44. The average Bonchev–Trinajstić information content (AvgIpc) is 2.89. The van der Waals surface area contributed by atoms with Crippen LogP contribution in [-0.4, -0.2) is 27.1 Å². The molecule has 1 aliphatic heterocycles. The molecule has 4 nitrogen and oxygen atoms in total. The van der Waals surface area contributed by atoms with Crippen LogP contribution < -0.4 is 5.32 Å². The van der Waals surface area contributed by atoms with Crippen molar-refractivity contribution in [3.05, 3.63) is 71.1 Å². The summed E-state index contributed by atoms with van der Waals surface area (Å²) in [5.74, 6) is -0.516. The van der Waals surface area contributed by atoms with Crippen molar-refractivity contribution < 1.29 is 9.59 Å². The minimum Gasteiger partial charge on any atom is -0.324 e. The van der Waals surface area contributed by atoms with E-state index in [0.717, 1.165) is 5.56 Å². The summed E-state index contributed by atoms with van der Waals surface area (Å²) in [6, 6.07) is 18.0. The maximum atomic E-state index is 12.7. The summed E-state index contributed by atoms with van der Waals surface area (Å²) in [6.45, 7) is 1.68. The minimum absolute atomic E-state index is 0.241. The van der Waals surface area contributed by atoms with Crippen LogP contribution in [0.15, 0.2) is 65.6 Å². The zero-order valence-corrected chi connectivity index (χ0v) is 15.1. The number of carbonyl (C=O) groups excluding carboxylic acids is 2. The number of benzene rings is 2. The van der Waals surface area contributed by atoms with Crippen LogP contribution in [-0.2, 0) is 9.59 Å². The molecule has 6 heteroatoms. The van der Waals surface area contributed by atoms with Crippen LogP contribution in [0, 0.1) is 0 Å². The number of nitrogens with one attached hydrogen (secondary N) is 1. The van der Waals surface area contributed by atoms with E-state index in [0.29, 0.717) is 14.9 Å². The Bertz CT molecular complexity index is 835. The van der Waals surface area contributed by atoms with Gasteiger partial charge in [-0.1, -0.05) is 72.5 Å². The Morgan fingerprint density at radius 1 is 1.12 bits per heavy atom. The van der Waals surface area contributed by atoms with Gasteiger partial charge in [0.15, 0.2) is 0 Å². The first-order valence-corrected chi connectivity index (χ1v) is 8.97. The smallest absolute Gasteiger partial charge is 0.266 e. The van der Waals surface area contributed by atoms with E-state index in [9.17, 15) is 9.59 Å². The highest BCUT2D eigenvalue weighted by molar-refractivity contribution is 8.26. The number of nitrogens with zero attached hydrogens (tertiary/aromatic N) is 1. The van der Waals surface area contributed by atoms with Gasteiger partial charge in [0.05, 0.1) is 4.91 Å². The molecule has 1 fully saturated rings. The van der Waals surface area contributed by atoms with Crippen molar-refractivity contribution in [2.45, 2.75) is 13.0 Å². The summed E-state index contributed by atoms with van der Waals surface area (Å²) in [7, 11) is 0. The Labute approximate surface area is 155 Å². The second kappa shape index (κ2) is 7.63. The predicted octanol–water partition coefficient (Wildman–Crippen LogP) is 3.92. The van der Waals surface area contributed by atoms with Crippen LogP contribution in [0.25, 0.3) is 6.08 Å². The number of hydrogen-bond donors (Lipinski definition) is 1. The minimum atomic E-state index is -0.686. The third kappa shape index (κ3) is 3.97. The van der Waals surface area contributed by atoms with E-state index in [4.69, 9.17) is 12.2 Å². The number of anilines is 1. The van der Waals surface area contributed by atoms with Crippen LogP contribution in [0.4, 0.5) is 5.69 Å². The molecule has 3 rings (SSSR count). The normalized spacial score (nSPS) is 17.0. The lowest BCUT2D eigenvalue weighted by Gasteiger charge is -2.22. The summed E-state index contributed by atoms with van der Waals surface area (Å²) >= 11 is 6.54. The fraction of sp³-hybridized carbons (Fsp3) is 0.105. The third-order valence-electron chi connectivity index (χ3n) is 3.73. The van der Waals surface area contributed by atoms with Crippen LogP contribution in [0.1, 0.15) is 12.5 Å². The average molecular weight is 368 g/mol. The van der Waals surface area contributed by atoms with E-state index in [1.165, 1.54) is 16.7 Å². The molecular weight excluding hydrogens is 352 g/mol. The fourth-order valence-electron chi connectivity index (χ4n) is 2.40. The molecule has 0 aliphatic carbocycles. The highest BCUT2D eigenvalue weighted by Crippen LogP contribution is 2.34. The van der Waals surface area contributed by atoms with E-state index in [-0.39, 0.29) is 11.8 Å². The van der Waals surface area contributed by atoms with Crippen molar-refractivity contribution in [2.24, 2.45) is 0 Å². The molecule has 1 aliphatic rings. The van der Waals surface area contributed by atoms with Gasteiger partial charge in [0, 0.05) is 5.69 Å². The predicted molar refractivity (Wildman–Crippen MR) is 106 cm³/mol. The second-order valence-electron chi connectivity index (χ2n) is 5.49. The zero-order chi connectivity index (χ0) is 17.8. The maximum Gasteiger partial charge on any atom is 0.266 e. The van der Waals surface area contributed by atoms with Gasteiger partial charge in [-0.2, -0.15) is 0 Å². The van der Waals surface area contributed by atoms with Crippen LogP contribution in [0.3, 0.4) is 0 Å². The summed E-state index contributed by atoms with van der Waals surface area (Å²) in [6.07, 6.45) is 1.79. The molecule has 1 N–H and O–H groups in total. The summed E-state index contributed by atoms with van der Waals surface area (Å²) in [4.78, 5) is 27.0. The molecule has 1 unspecified atom stereocenters. The molecule has 0 radical (unpaired) electrons. The Kier molecular flexibility index (Phi) is 5.31. The third-order valence-corrected chi connectivity index (χ3v) is 5.06. The molecule has 2 aromatic carbocycles. The molecule has 1 saturated heterocycles. The topological polar surface area (TPSA) is 49.4 Å². The van der Waals surface area contributed by atoms with Crippen molar-refractivity contribution in [3.8, 4) is 0 Å². The second-order valence-corrected chi connectivity index (χ2v) is 7.17. The largest absolute Gasteiger partial charge is 0.324 e. The lowest BCUT2D eigenvalue weighted by molar-refractivity contribution is -0.129. The Morgan fingerprint density at radius 2 is 1.72 bits per heavy atom. The van der Waals surface area contributed by atoms with Gasteiger partial charge in [0.25, 0.3) is 5.91 Å². The van der Waals surface area contributed by atoms with Crippen molar-refractivity contribution >= 4 is 51.9 Å². The van der Waals surface area contributed by atoms with Crippen molar-refractivity contribution in [3.63, 3.8) is 0 Å². The first kappa shape index (κ1) is 17.4. The number of rotatable bonds is 4. The molecule has 1 atom stereocenters. The monoisotopic (exact) mass is 368 g/mol. The van der Waals surface area contributed by atoms with E-state index in [1.807, 2.05) is 48.5 Å². The van der Waals surface area contributed by atoms with Gasteiger partial charge >= 0.3 is 0 Å². The van der Waals surface area contributed by atoms with E-state index in [2.05, 4.69) is 5.32 Å². The fourth-order valence-corrected chi connectivity index (χ4v) is 3.82. The number of thioether (sulfide) groups is 1. The Morgan fingerprint density at radius 3 is 2.36 bits per heavy atom. The summed E-state index contributed by atoms with van der Waals surface area (Å²) < 4.78 is 0.392. The Hall–Kier alpha value is -2.44. The molecular formula is C19H16N2O2S2. The first-order valence-electron chi connectivity index (χ1n) is 7.74. The van der Waals surface area contributed by atoms with Gasteiger partial charge in [-0.25, -0.2) is 0 Å². The van der Waals surface area contributed by atoms with Crippen LogP contribution >= 0.6 is 24.0 Å². The highest BCUT2D eigenvalue weighted by Gasteiger charge is 2.38. The van der Waals surface area contributed by atoms with E-state index < -0.39 is 6.04 Å². The molecule has 0 saturated carbocycles. The number of para-hydroxylation sites is 1. The maximum absolute atomic E-state index is 12.7. The molecule has 126 valence electrons. The van der Waals surface area contributed by atoms with Crippen molar-refractivity contribution in [1.29, 1.82) is 0 Å². The SMILES string of the molecule is CC(C(=O)Nc1ccccc1)N1C(=O)/C(=C/c2ccccc2)SC1=S. The number of amides is 2. The molecule has 0 bridgehead atoms. The molecule has 2 aromatic rings. The first-order chi connectivity index (χ1) is 12.1. The van der Waals surface area contributed by atoms with Gasteiger partial charge in [0.2, 0.25) is 5.91 Å². The van der Waals surface area contributed by atoms with Gasteiger partial charge in [-0.05, 0) is 30.7 Å². The molecule has 0 spiro atoms. The number of thiocarbonyl (C=S) groups is 1. The quantitative estimate of drug-likeness (QED) is 0.657. The Balaban J connectivity index is 1.75. The number of carbonyl (C=O) groups is 2. The highest BCUT2D eigenvalue weighted by atomic mass is 32.2. The summed E-state index contributed by atoms with van der Waals surface area (Å²) in [5, 5.41) is 2.80. The zero-order valence-electron chi connectivity index (χ0n) is 13.5. The van der Waals surface area contributed by atoms with Crippen LogP contribution in [0.2, 0.25) is 0 Å². The van der Waals surface area contributed by atoms with Gasteiger partial charge in [-0.3, -0.25) is 14.5 Å². The van der Waals surface area contributed by atoms with Gasteiger partial charge in [-0.15, -0.1) is 0 Å². The molecule has 1 heterocycles. The standard InChI is InChI=1S/C19H16N2O2S2/c1-13(17(22)20-15-10-6-3-7-11-15)21-18(23)16(25-19(21)24)12-14-8-4-2-5-9-14/h2-13H,1H3,(H,20,22)/b16-12-. The van der Waals surface area contributed by atoms with Crippen LogP contribution in [0.5, 0.6) is 0 Å².